The third-order valence-corrected chi connectivity index (χ3v) is 5.74. The van der Waals surface area contributed by atoms with Gasteiger partial charge in [0.1, 0.15) is 5.76 Å². The highest BCUT2D eigenvalue weighted by Crippen LogP contribution is 2.20. The number of nitrogens with zero attached hydrogens (tertiary/aromatic N) is 5. The van der Waals surface area contributed by atoms with Crippen molar-refractivity contribution in [2.75, 3.05) is 10.6 Å². The molecule has 1 aromatic carbocycles. The predicted molar refractivity (Wildman–Crippen MR) is 126 cm³/mol. The van der Waals surface area contributed by atoms with Gasteiger partial charge in [0.15, 0.2) is 11.6 Å². The van der Waals surface area contributed by atoms with Crippen LogP contribution < -0.4 is 10.6 Å². The van der Waals surface area contributed by atoms with Crippen LogP contribution >= 0.6 is 0 Å². The Morgan fingerprint density at radius 2 is 1.67 bits per heavy atom. The van der Waals surface area contributed by atoms with Gasteiger partial charge in [-0.2, -0.15) is 5.10 Å². The molecule has 0 fully saturated rings. The summed E-state index contributed by atoms with van der Waals surface area (Å²) in [6.45, 7) is 9.78. The van der Waals surface area contributed by atoms with Crippen LogP contribution in [0.5, 0.6) is 0 Å². The van der Waals surface area contributed by atoms with E-state index in [1.165, 1.54) is 0 Å². The highest BCUT2D eigenvalue weighted by molar-refractivity contribution is 5.91. The Bertz CT molecular complexity index is 1250. The van der Waals surface area contributed by atoms with E-state index in [2.05, 4.69) is 31.1 Å². The van der Waals surface area contributed by atoms with Gasteiger partial charge in [-0.25, -0.2) is 4.68 Å². The number of amides is 1. The van der Waals surface area contributed by atoms with Gasteiger partial charge in [-0.3, -0.25) is 4.79 Å². The molecule has 1 amide bonds. The summed E-state index contributed by atoms with van der Waals surface area (Å²) in [5.74, 6) is 1.99. The van der Waals surface area contributed by atoms with Crippen LogP contribution in [0.1, 0.15) is 40.4 Å². The quantitative estimate of drug-likeness (QED) is 0.431. The zero-order valence-corrected chi connectivity index (χ0v) is 19.4. The third kappa shape index (κ3) is 4.92. The molecule has 0 atom stereocenters. The number of aromatic nitrogens is 5. The topological polar surface area (TPSA) is 111 Å². The van der Waals surface area contributed by atoms with Gasteiger partial charge in [0.2, 0.25) is 5.91 Å². The standard InChI is InChI=1S/C24H27N7O2/c1-14-15(2)29-31(17(14)4)23-12-11-22(27-28-23)25-19-6-8-20(9-7-19)26-24(32)13-10-21-16(3)30-33-18(21)5/h6-9,11-12H,10,13H2,1-5H3,(H,25,27)(H,26,32). The molecule has 0 aliphatic carbocycles. The summed E-state index contributed by atoms with van der Waals surface area (Å²) in [6, 6.07) is 11.2. The normalized spacial score (nSPS) is 10.9. The van der Waals surface area contributed by atoms with Gasteiger partial charge in [0.25, 0.3) is 0 Å². The molecule has 3 heterocycles. The third-order valence-electron chi connectivity index (χ3n) is 5.74. The zero-order valence-electron chi connectivity index (χ0n) is 19.4. The van der Waals surface area contributed by atoms with E-state index in [0.29, 0.717) is 24.5 Å². The zero-order chi connectivity index (χ0) is 23.5. The molecule has 33 heavy (non-hydrogen) atoms. The molecule has 3 aromatic heterocycles. The van der Waals surface area contributed by atoms with Crippen molar-refractivity contribution >= 4 is 23.1 Å². The summed E-state index contributed by atoms with van der Waals surface area (Å²) in [6.07, 6.45) is 0.956. The molecule has 0 aliphatic rings. The number of carbonyl (C=O) groups is 1. The van der Waals surface area contributed by atoms with E-state index >= 15 is 0 Å². The summed E-state index contributed by atoms with van der Waals surface area (Å²) in [5, 5.41) is 23.1. The maximum atomic E-state index is 12.3. The summed E-state index contributed by atoms with van der Waals surface area (Å²) in [5.41, 5.74) is 6.56. The Balaban J connectivity index is 1.33. The minimum absolute atomic E-state index is 0.0587. The Hall–Kier alpha value is -4.01. The fourth-order valence-corrected chi connectivity index (χ4v) is 3.55. The van der Waals surface area contributed by atoms with Crippen molar-refractivity contribution in [2.24, 2.45) is 0 Å². The predicted octanol–water partition coefficient (Wildman–Crippen LogP) is 4.51. The summed E-state index contributed by atoms with van der Waals surface area (Å²) in [4.78, 5) is 12.3. The molecular weight excluding hydrogens is 418 g/mol. The number of nitrogens with one attached hydrogen (secondary N) is 2. The minimum atomic E-state index is -0.0587. The average Bonchev–Trinajstić information content (AvgIpc) is 3.26. The fourth-order valence-electron chi connectivity index (χ4n) is 3.55. The SMILES string of the molecule is Cc1nn(-c2ccc(Nc3ccc(NC(=O)CCc4c(C)noc4C)cc3)nn2)c(C)c1C. The van der Waals surface area contributed by atoms with Crippen LogP contribution in [0, 0.1) is 34.6 Å². The van der Waals surface area contributed by atoms with Crippen LogP contribution in [0.25, 0.3) is 5.82 Å². The second-order valence-electron chi connectivity index (χ2n) is 8.04. The first kappa shape index (κ1) is 22.2. The molecule has 0 radical (unpaired) electrons. The Morgan fingerprint density at radius 3 is 2.24 bits per heavy atom. The maximum absolute atomic E-state index is 12.3. The van der Waals surface area contributed by atoms with E-state index in [1.807, 2.05) is 71.0 Å². The lowest BCUT2D eigenvalue weighted by Gasteiger charge is -2.09. The highest BCUT2D eigenvalue weighted by Gasteiger charge is 2.12. The van der Waals surface area contributed by atoms with Gasteiger partial charge < -0.3 is 15.2 Å². The molecule has 9 nitrogen and oxygen atoms in total. The molecule has 0 spiro atoms. The minimum Gasteiger partial charge on any atom is -0.361 e. The van der Waals surface area contributed by atoms with Crippen molar-refractivity contribution < 1.29 is 9.32 Å². The molecule has 0 unspecified atom stereocenters. The van der Waals surface area contributed by atoms with E-state index in [1.54, 1.807) is 4.68 Å². The number of hydrogen-bond donors (Lipinski definition) is 2. The first-order valence-corrected chi connectivity index (χ1v) is 10.8. The van der Waals surface area contributed by atoms with E-state index in [9.17, 15) is 4.79 Å². The lowest BCUT2D eigenvalue weighted by atomic mass is 10.1. The van der Waals surface area contributed by atoms with E-state index in [4.69, 9.17) is 4.52 Å². The van der Waals surface area contributed by atoms with Crippen LogP contribution in [0.2, 0.25) is 0 Å². The van der Waals surface area contributed by atoms with Gasteiger partial charge in [-0.15, -0.1) is 10.2 Å². The monoisotopic (exact) mass is 445 g/mol. The largest absolute Gasteiger partial charge is 0.361 e. The number of anilines is 3. The molecule has 170 valence electrons. The molecule has 9 heteroatoms. The number of carbonyl (C=O) groups excluding carboxylic acids is 1. The van der Waals surface area contributed by atoms with Crippen molar-refractivity contribution in [3.05, 3.63) is 70.4 Å². The van der Waals surface area contributed by atoms with Crippen LogP contribution in [0.3, 0.4) is 0 Å². The summed E-state index contributed by atoms with van der Waals surface area (Å²) in [7, 11) is 0. The van der Waals surface area contributed by atoms with Crippen LogP contribution in [-0.4, -0.2) is 31.0 Å². The molecule has 4 aromatic rings. The lowest BCUT2D eigenvalue weighted by Crippen LogP contribution is -2.12. The van der Waals surface area contributed by atoms with Gasteiger partial charge in [0, 0.05) is 29.1 Å². The summed E-state index contributed by atoms with van der Waals surface area (Å²) >= 11 is 0. The number of hydrogen-bond acceptors (Lipinski definition) is 7. The van der Waals surface area contributed by atoms with E-state index in [0.717, 1.165) is 45.3 Å². The first-order chi connectivity index (χ1) is 15.8. The Kier molecular flexibility index (Phi) is 6.21. The molecular formula is C24H27N7O2. The molecule has 0 bridgehead atoms. The van der Waals surface area contributed by atoms with Crippen molar-refractivity contribution in [3.63, 3.8) is 0 Å². The van der Waals surface area contributed by atoms with Crippen LogP contribution in [0.4, 0.5) is 17.2 Å². The number of aryl methyl sites for hydroxylation is 3. The summed E-state index contributed by atoms with van der Waals surface area (Å²) < 4.78 is 6.94. The van der Waals surface area contributed by atoms with E-state index < -0.39 is 0 Å². The first-order valence-electron chi connectivity index (χ1n) is 10.8. The van der Waals surface area contributed by atoms with Crippen molar-refractivity contribution in [1.82, 2.24) is 25.1 Å². The number of rotatable bonds is 7. The molecule has 4 rings (SSSR count). The van der Waals surface area contributed by atoms with Gasteiger partial charge in [-0.05, 0) is 83.0 Å². The van der Waals surface area contributed by atoms with Gasteiger partial charge in [0.05, 0.1) is 11.4 Å². The van der Waals surface area contributed by atoms with Crippen molar-refractivity contribution in [2.45, 2.75) is 47.5 Å². The van der Waals surface area contributed by atoms with Gasteiger partial charge in [-0.1, -0.05) is 5.16 Å². The van der Waals surface area contributed by atoms with Crippen LogP contribution in [0.15, 0.2) is 40.9 Å². The maximum Gasteiger partial charge on any atom is 0.224 e. The van der Waals surface area contributed by atoms with E-state index in [-0.39, 0.29) is 5.91 Å². The molecule has 0 saturated carbocycles. The Morgan fingerprint density at radius 1 is 0.939 bits per heavy atom. The molecule has 0 saturated heterocycles. The van der Waals surface area contributed by atoms with Crippen molar-refractivity contribution in [3.8, 4) is 5.82 Å². The lowest BCUT2D eigenvalue weighted by molar-refractivity contribution is -0.116. The van der Waals surface area contributed by atoms with Crippen molar-refractivity contribution in [1.29, 1.82) is 0 Å². The second kappa shape index (κ2) is 9.23. The molecule has 0 aliphatic heterocycles. The smallest absolute Gasteiger partial charge is 0.224 e. The second-order valence-corrected chi connectivity index (χ2v) is 8.04. The number of benzene rings is 1. The highest BCUT2D eigenvalue weighted by atomic mass is 16.5. The Labute approximate surface area is 192 Å². The fraction of sp³-hybridized carbons (Fsp3) is 0.292. The van der Waals surface area contributed by atoms with Crippen LogP contribution in [-0.2, 0) is 11.2 Å². The average molecular weight is 446 g/mol. The molecule has 2 N–H and O–H groups in total. The van der Waals surface area contributed by atoms with Gasteiger partial charge >= 0.3 is 0 Å².